The molecule has 1 aromatic carbocycles. The van der Waals surface area contributed by atoms with Crippen molar-refractivity contribution in [3.05, 3.63) is 35.9 Å². The summed E-state index contributed by atoms with van der Waals surface area (Å²) in [6.07, 6.45) is 4.24. The van der Waals surface area contributed by atoms with Crippen LogP contribution < -0.4 is 5.32 Å². The molecule has 2 saturated carbocycles. The van der Waals surface area contributed by atoms with E-state index in [0.29, 0.717) is 12.8 Å². The Labute approximate surface area is 129 Å². The van der Waals surface area contributed by atoms with E-state index in [1.54, 1.807) is 0 Å². The molecule has 2 N–H and O–H groups in total. The molecule has 0 atom stereocenters. The third-order valence-corrected chi connectivity index (χ3v) is 5.08. The van der Waals surface area contributed by atoms with Crippen molar-refractivity contribution in [3.8, 4) is 0 Å². The highest BCUT2D eigenvalue weighted by atomic mass is 16.5. The lowest BCUT2D eigenvalue weighted by atomic mass is 9.45. The van der Waals surface area contributed by atoms with Gasteiger partial charge in [-0.3, -0.25) is 4.79 Å². The number of carboxylic acids is 1. The van der Waals surface area contributed by atoms with Gasteiger partial charge >= 0.3 is 12.1 Å². The van der Waals surface area contributed by atoms with Crippen LogP contribution in [0.5, 0.6) is 0 Å². The molecule has 22 heavy (non-hydrogen) atoms. The molecule has 5 heteroatoms. The molecule has 1 spiro atoms. The van der Waals surface area contributed by atoms with Gasteiger partial charge in [0.25, 0.3) is 0 Å². The number of hydrogen-bond acceptors (Lipinski definition) is 3. The Morgan fingerprint density at radius 2 is 1.86 bits per heavy atom. The first-order chi connectivity index (χ1) is 10.5. The van der Waals surface area contributed by atoms with Crippen LogP contribution >= 0.6 is 0 Å². The predicted octanol–water partition coefficient (Wildman–Crippen LogP) is 2.95. The minimum absolute atomic E-state index is 0.151. The fourth-order valence-electron chi connectivity index (χ4n) is 3.78. The van der Waals surface area contributed by atoms with Crippen molar-refractivity contribution in [2.75, 3.05) is 6.54 Å². The SMILES string of the molecule is O=C(NCC1(C(=O)O)CC2(CCC2)C1)OCc1ccccc1. The van der Waals surface area contributed by atoms with E-state index in [0.717, 1.165) is 18.4 Å². The molecule has 5 nitrogen and oxygen atoms in total. The quantitative estimate of drug-likeness (QED) is 0.877. The first kappa shape index (κ1) is 14.9. The van der Waals surface area contributed by atoms with Crippen molar-refractivity contribution < 1.29 is 19.4 Å². The van der Waals surface area contributed by atoms with Crippen LogP contribution in [-0.2, 0) is 16.1 Å². The summed E-state index contributed by atoms with van der Waals surface area (Å²) in [6, 6.07) is 9.40. The molecule has 0 saturated heterocycles. The second-order valence-corrected chi connectivity index (χ2v) is 6.71. The van der Waals surface area contributed by atoms with Crippen LogP contribution in [0, 0.1) is 10.8 Å². The van der Waals surface area contributed by atoms with E-state index in [2.05, 4.69) is 5.32 Å². The highest BCUT2D eigenvalue weighted by Crippen LogP contribution is 2.64. The molecular weight excluding hydrogens is 282 g/mol. The molecule has 118 valence electrons. The highest BCUT2D eigenvalue weighted by Gasteiger charge is 2.60. The summed E-state index contributed by atoms with van der Waals surface area (Å²) < 4.78 is 5.12. The van der Waals surface area contributed by atoms with Crippen molar-refractivity contribution in [1.82, 2.24) is 5.32 Å². The van der Waals surface area contributed by atoms with Crippen LogP contribution in [0.25, 0.3) is 0 Å². The standard InChI is InChI=1S/C17H21NO4/c19-14(20)17(10-16(11-17)7-4-8-16)12-18-15(21)22-9-13-5-2-1-3-6-13/h1-3,5-6H,4,7-12H2,(H,18,21)(H,19,20). The van der Waals surface area contributed by atoms with Gasteiger partial charge in [-0.05, 0) is 36.7 Å². The maximum atomic E-state index is 11.7. The molecule has 2 aliphatic rings. The first-order valence-corrected chi connectivity index (χ1v) is 7.72. The molecular formula is C17H21NO4. The zero-order chi connectivity index (χ0) is 15.6. The second-order valence-electron chi connectivity index (χ2n) is 6.71. The maximum Gasteiger partial charge on any atom is 0.407 e. The summed E-state index contributed by atoms with van der Waals surface area (Å²) >= 11 is 0. The summed E-state index contributed by atoms with van der Waals surface area (Å²) in [5.41, 5.74) is 0.350. The molecule has 0 heterocycles. The Kier molecular flexibility index (Phi) is 3.81. The number of ether oxygens (including phenoxy) is 1. The smallest absolute Gasteiger partial charge is 0.407 e. The van der Waals surface area contributed by atoms with Crippen LogP contribution in [0.3, 0.4) is 0 Å². The predicted molar refractivity (Wildman–Crippen MR) is 80.2 cm³/mol. The number of carboxylic acid groups (broad SMARTS) is 1. The van der Waals surface area contributed by atoms with Gasteiger partial charge in [-0.15, -0.1) is 0 Å². The van der Waals surface area contributed by atoms with Gasteiger partial charge in [0.15, 0.2) is 0 Å². The van der Waals surface area contributed by atoms with Gasteiger partial charge in [-0.2, -0.15) is 0 Å². The Balaban J connectivity index is 1.46. The Morgan fingerprint density at radius 1 is 1.18 bits per heavy atom. The van der Waals surface area contributed by atoms with E-state index >= 15 is 0 Å². The van der Waals surface area contributed by atoms with Crippen LogP contribution in [0.2, 0.25) is 0 Å². The Morgan fingerprint density at radius 3 is 2.41 bits per heavy atom. The zero-order valence-electron chi connectivity index (χ0n) is 12.5. The minimum Gasteiger partial charge on any atom is -0.481 e. The molecule has 2 aliphatic carbocycles. The Hall–Kier alpha value is -2.04. The number of amides is 1. The third kappa shape index (κ3) is 2.80. The number of aliphatic carboxylic acids is 1. The minimum atomic E-state index is -0.812. The van der Waals surface area contributed by atoms with Gasteiger partial charge in [-0.1, -0.05) is 36.8 Å². The fourth-order valence-corrected chi connectivity index (χ4v) is 3.78. The first-order valence-electron chi connectivity index (χ1n) is 7.72. The number of carbonyl (C=O) groups is 2. The largest absolute Gasteiger partial charge is 0.481 e. The van der Waals surface area contributed by atoms with Gasteiger partial charge in [-0.25, -0.2) is 4.79 Å². The molecule has 0 bridgehead atoms. The number of rotatable bonds is 5. The van der Waals surface area contributed by atoms with Crippen LogP contribution in [0.15, 0.2) is 30.3 Å². The monoisotopic (exact) mass is 303 g/mol. The van der Waals surface area contributed by atoms with Crippen molar-refractivity contribution >= 4 is 12.1 Å². The molecule has 2 fully saturated rings. The number of carbonyl (C=O) groups excluding carboxylic acids is 1. The molecule has 0 aliphatic heterocycles. The number of hydrogen-bond donors (Lipinski definition) is 2. The van der Waals surface area contributed by atoms with Gasteiger partial charge in [0.2, 0.25) is 0 Å². The van der Waals surface area contributed by atoms with E-state index in [4.69, 9.17) is 4.74 Å². The zero-order valence-corrected chi connectivity index (χ0v) is 12.5. The van der Waals surface area contributed by atoms with Crippen LogP contribution in [0.4, 0.5) is 4.79 Å². The van der Waals surface area contributed by atoms with Gasteiger partial charge < -0.3 is 15.2 Å². The van der Waals surface area contributed by atoms with Crippen LogP contribution in [0.1, 0.15) is 37.7 Å². The fraction of sp³-hybridized carbons (Fsp3) is 0.529. The second kappa shape index (κ2) is 5.63. The van der Waals surface area contributed by atoms with Crippen molar-refractivity contribution in [1.29, 1.82) is 0 Å². The van der Waals surface area contributed by atoms with Gasteiger partial charge in [0.1, 0.15) is 6.61 Å². The summed E-state index contributed by atoms with van der Waals surface area (Å²) in [6.45, 7) is 0.342. The maximum absolute atomic E-state index is 11.7. The van der Waals surface area contributed by atoms with Crippen molar-refractivity contribution in [2.45, 2.75) is 38.7 Å². The molecule has 0 aromatic heterocycles. The topological polar surface area (TPSA) is 75.6 Å². The molecule has 1 aromatic rings. The molecule has 1 amide bonds. The van der Waals surface area contributed by atoms with Gasteiger partial charge in [0, 0.05) is 6.54 Å². The van der Waals surface area contributed by atoms with E-state index in [1.165, 1.54) is 6.42 Å². The van der Waals surface area contributed by atoms with E-state index in [9.17, 15) is 14.7 Å². The number of alkyl carbamates (subject to hydrolysis) is 1. The lowest BCUT2D eigenvalue weighted by molar-refractivity contribution is -0.173. The summed E-state index contributed by atoms with van der Waals surface area (Å²) in [7, 11) is 0. The van der Waals surface area contributed by atoms with Crippen molar-refractivity contribution in [2.24, 2.45) is 10.8 Å². The summed E-state index contributed by atoms with van der Waals surface area (Å²) in [5, 5.41) is 12.1. The van der Waals surface area contributed by atoms with Crippen molar-refractivity contribution in [3.63, 3.8) is 0 Å². The van der Waals surface area contributed by atoms with Gasteiger partial charge in [0.05, 0.1) is 5.41 Å². The highest BCUT2D eigenvalue weighted by molar-refractivity contribution is 5.78. The molecule has 3 rings (SSSR count). The number of benzene rings is 1. The number of nitrogens with one attached hydrogen (secondary N) is 1. The lowest BCUT2D eigenvalue weighted by Gasteiger charge is -2.59. The van der Waals surface area contributed by atoms with Crippen LogP contribution in [-0.4, -0.2) is 23.7 Å². The summed E-state index contributed by atoms with van der Waals surface area (Å²) in [5.74, 6) is -0.812. The lowest BCUT2D eigenvalue weighted by Crippen LogP contribution is -2.59. The van der Waals surface area contributed by atoms with E-state index < -0.39 is 17.5 Å². The summed E-state index contributed by atoms with van der Waals surface area (Å²) in [4.78, 5) is 23.3. The normalized spacial score (nSPS) is 20.5. The molecule has 0 radical (unpaired) electrons. The third-order valence-electron chi connectivity index (χ3n) is 5.08. The van der Waals surface area contributed by atoms with E-state index in [1.807, 2.05) is 30.3 Å². The average molecular weight is 303 g/mol. The molecule has 0 unspecified atom stereocenters. The average Bonchev–Trinajstić information content (AvgIpc) is 2.43. The Bertz CT molecular complexity index is 557. The van der Waals surface area contributed by atoms with E-state index in [-0.39, 0.29) is 18.6 Å².